The molecule has 0 unspecified atom stereocenters. The zero-order valence-electron chi connectivity index (χ0n) is 22.4. The van der Waals surface area contributed by atoms with Crippen molar-refractivity contribution in [2.75, 3.05) is 11.1 Å². The average Bonchev–Trinajstić information content (AvgIpc) is 3.37. The molecule has 0 saturated heterocycles. The van der Waals surface area contributed by atoms with Crippen molar-refractivity contribution in [3.8, 4) is 0 Å². The molecular weight excluding hydrogens is 546 g/mol. The van der Waals surface area contributed by atoms with E-state index in [1.165, 1.54) is 11.8 Å². The van der Waals surface area contributed by atoms with Gasteiger partial charge >= 0.3 is 0 Å². The number of hydrogen-bond acceptors (Lipinski definition) is 7. The van der Waals surface area contributed by atoms with E-state index < -0.39 is 6.04 Å². The maximum Gasteiger partial charge on any atom is 0.253 e. The zero-order chi connectivity index (χ0) is 28.5. The van der Waals surface area contributed by atoms with E-state index >= 15 is 0 Å². The molecule has 0 aliphatic rings. The summed E-state index contributed by atoms with van der Waals surface area (Å²) < 4.78 is 1.92. The number of thioether (sulfide) groups is 1. The lowest BCUT2D eigenvalue weighted by Gasteiger charge is -2.22. The SMILES string of the molecule is CCn1c(SCC(=O)Nc2ccc(N=Nc3ccccc3)cc2)nnc1[C@H](NC(=O)c1ccccc1Cl)C(C)C. The van der Waals surface area contributed by atoms with E-state index in [0.29, 0.717) is 39.5 Å². The van der Waals surface area contributed by atoms with Crippen molar-refractivity contribution in [3.05, 3.63) is 95.3 Å². The predicted octanol–water partition coefficient (Wildman–Crippen LogP) is 7.22. The van der Waals surface area contributed by atoms with Crippen LogP contribution in [0.5, 0.6) is 0 Å². The number of halogens is 1. The van der Waals surface area contributed by atoms with E-state index in [9.17, 15) is 9.59 Å². The smallest absolute Gasteiger partial charge is 0.253 e. The fraction of sp³-hybridized carbons (Fsp3) is 0.241. The van der Waals surface area contributed by atoms with Crippen molar-refractivity contribution in [3.63, 3.8) is 0 Å². The van der Waals surface area contributed by atoms with E-state index in [4.69, 9.17) is 11.6 Å². The number of nitrogens with one attached hydrogen (secondary N) is 2. The van der Waals surface area contributed by atoms with E-state index in [1.807, 2.05) is 55.7 Å². The van der Waals surface area contributed by atoms with Gasteiger partial charge in [0.05, 0.1) is 33.8 Å². The first-order valence-electron chi connectivity index (χ1n) is 12.8. The third kappa shape index (κ3) is 7.55. The third-order valence-electron chi connectivity index (χ3n) is 5.93. The molecule has 0 aliphatic carbocycles. The van der Waals surface area contributed by atoms with Crippen molar-refractivity contribution < 1.29 is 9.59 Å². The van der Waals surface area contributed by atoms with Crippen LogP contribution in [0.4, 0.5) is 17.1 Å². The standard InChI is InChI=1S/C29H30ClN7O2S/c1-4-37-27(26(19(2)3)32-28(39)23-12-8-9-13-24(23)30)35-36-29(37)40-18-25(38)31-20-14-16-22(17-15-20)34-33-21-10-6-5-7-11-21/h5-17,19,26H,4,18H2,1-3H3,(H,31,38)(H,32,39)/t26-/m1/s1. The quantitative estimate of drug-likeness (QED) is 0.145. The van der Waals surface area contributed by atoms with Gasteiger partial charge in [0.1, 0.15) is 0 Å². The Bertz CT molecular complexity index is 1470. The number of amides is 2. The predicted molar refractivity (Wildman–Crippen MR) is 159 cm³/mol. The molecule has 206 valence electrons. The lowest BCUT2D eigenvalue weighted by molar-refractivity contribution is -0.113. The topological polar surface area (TPSA) is 114 Å². The number of azo groups is 1. The minimum absolute atomic E-state index is 0.0392. The molecule has 0 fully saturated rings. The Labute approximate surface area is 242 Å². The molecule has 11 heteroatoms. The largest absolute Gasteiger partial charge is 0.342 e. The molecule has 9 nitrogen and oxygen atoms in total. The summed E-state index contributed by atoms with van der Waals surface area (Å²) in [5.41, 5.74) is 2.50. The number of aromatic nitrogens is 3. The zero-order valence-corrected chi connectivity index (χ0v) is 24.0. The van der Waals surface area contributed by atoms with Crippen LogP contribution in [-0.4, -0.2) is 32.3 Å². The lowest BCUT2D eigenvalue weighted by Crippen LogP contribution is -2.34. The first kappa shape index (κ1) is 29.0. The highest BCUT2D eigenvalue weighted by Crippen LogP contribution is 2.27. The maximum absolute atomic E-state index is 12.9. The molecule has 0 aliphatic heterocycles. The molecule has 4 rings (SSSR count). The summed E-state index contributed by atoms with van der Waals surface area (Å²) >= 11 is 7.51. The second-order valence-electron chi connectivity index (χ2n) is 9.18. The van der Waals surface area contributed by atoms with Crippen molar-refractivity contribution in [2.24, 2.45) is 16.1 Å². The van der Waals surface area contributed by atoms with Gasteiger partial charge in [0, 0.05) is 12.2 Å². The first-order chi connectivity index (χ1) is 19.4. The molecule has 0 spiro atoms. The Hall–Kier alpha value is -4.02. The monoisotopic (exact) mass is 575 g/mol. The summed E-state index contributed by atoms with van der Waals surface area (Å²) in [5, 5.41) is 24.0. The maximum atomic E-state index is 12.9. The highest BCUT2D eigenvalue weighted by atomic mass is 35.5. The van der Waals surface area contributed by atoms with Crippen molar-refractivity contribution in [1.82, 2.24) is 20.1 Å². The van der Waals surface area contributed by atoms with E-state index in [2.05, 4.69) is 31.1 Å². The molecule has 0 radical (unpaired) electrons. The van der Waals surface area contributed by atoms with Crippen molar-refractivity contribution in [1.29, 1.82) is 0 Å². The summed E-state index contributed by atoms with van der Waals surface area (Å²) in [5.74, 6) is 0.351. The van der Waals surface area contributed by atoms with Gasteiger partial charge in [0.2, 0.25) is 5.91 Å². The molecule has 2 N–H and O–H groups in total. The number of benzene rings is 3. The van der Waals surface area contributed by atoms with Gasteiger partial charge in [0.15, 0.2) is 11.0 Å². The number of hydrogen-bond donors (Lipinski definition) is 2. The van der Waals surface area contributed by atoms with Crippen LogP contribution in [0.2, 0.25) is 5.02 Å². The van der Waals surface area contributed by atoms with Crippen LogP contribution in [-0.2, 0) is 11.3 Å². The normalized spacial score (nSPS) is 12.0. The lowest BCUT2D eigenvalue weighted by atomic mass is 10.0. The molecule has 0 bridgehead atoms. The molecule has 3 aromatic carbocycles. The number of anilines is 1. The van der Waals surface area contributed by atoms with Crippen molar-refractivity contribution >= 4 is 52.2 Å². The summed E-state index contributed by atoms with van der Waals surface area (Å²) in [4.78, 5) is 25.6. The van der Waals surface area contributed by atoms with E-state index in [0.717, 1.165) is 5.69 Å². The van der Waals surface area contributed by atoms with Crippen LogP contribution in [0.25, 0.3) is 0 Å². The van der Waals surface area contributed by atoms with Gasteiger partial charge in [-0.15, -0.1) is 10.2 Å². The molecular formula is C29H30ClN7O2S. The summed E-state index contributed by atoms with van der Waals surface area (Å²) in [6.45, 7) is 6.55. The number of nitrogens with zero attached hydrogens (tertiary/aromatic N) is 5. The van der Waals surface area contributed by atoms with Gasteiger partial charge < -0.3 is 15.2 Å². The Morgan fingerprint density at radius 3 is 2.23 bits per heavy atom. The van der Waals surface area contributed by atoms with Crippen LogP contribution >= 0.6 is 23.4 Å². The summed E-state index contributed by atoms with van der Waals surface area (Å²) in [6, 6.07) is 23.1. The minimum Gasteiger partial charge on any atom is -0.342 e. The van der Waals surface area contributed by atoms with Gasteiger partial charge in [-0.3, -0.25) is 9.59 Å². The van der Waals surface area contributed by atoms with Crippen LogP contribution in [0.1, 0.15) is 43.0 Å². The number of carbonyl (C=O) groups is 2. The van der Waals surface area contributed by atoms with Crippen LogP contribution in [0.15, 0.2) is 94.2 Å². The molecule has 2 amide bonds. The Kier molecular flexibility index (Phi) is 10.0. The fourth-order valence-corrected chi connectivity index (χ4v) is 4.91. The van der Waals surface area contributed by atoms with Crippen LogP contribution in [0.3, 0.4) is 0 Å². The minimum atomic E-state index is -0.392. The Morgan fingerprint density at radius 1 is 0.925 bits per heavy atom. The van der Waals surface area contributed by atoms with E-state index in [-0.39, 0.29) is 23.5 Å². The second kappa shape index (κ2) is 13.9. The fourth-order valence-electron chi connectivity index (χ4n) is 3.88. The van der Waals surface area contributed by atoms with Gasteiger partial charge in [-0.25, -0.2) is 0 Å². The van der Waals surface area contributed by atoms with Gasteiger partial charge in [-0.1, -0.05) is 67.5 Å². The van der Waals surface area contributed by atoms with Gasteiger partial charge in [0.25, 0.3) is 5.91 Å². The summed E-state index contributed by atoms with van der Waals surface area (Å²) in [6.07, 6.45) is 0. The molecule has 4 aromatic rings. The van der Waals surface area contributed by atoms with Gasteiger partial charge in [-0.2, -0.15) is 10.2 Å². The molecule has 1 atom stereocenters. The van der Waals surface area contributed by atoms with E-state index in [1.54, 1.807) is 48.5 Å². The highest BCUT2D eigenvalue weighted by Gasteiger charge is 2.26. The molecule has 1 heterocycles. The Morgan fingerprint density at radius 2 is 1.57 bits per heavy atom. The third-order valence-corrected chi connectivity index (χ3v) is 7.23. The number of rotatable bonds is 11. The highest BCUT2D eigenvalue weighted by molar-refractivity contribution is 7.99. The molecule has 1 aromatic heterocycles. The average molecular weight is 576 g/mol. The van der Waals surface area contributed by atoms with Gasteiger partial charge in [-0.05, 0) is 61.4 Å². The van der Waals surface area contributed by atoms with Crippen LogP contribution < -0.4 is 10.6 Å². The van der Waals surface area contributed by atoms with Crippen LogP contribution in [0, 0.1) is 5.92 Å². The summed E-state index contributed by atoms with van der Waals surface area (Å²) in [7, 11) is 0. The Balaban J connectivity index is 1.37. The second-order valence-corrected chi connectivity index (χ2v) is 10.5. The first-order valence-corrected chi connectivity index (χ1v) is 14.2. The molecule has 0 saturated carbocycles. The number of carbonyl (C=O) groups excluding carboxylic acids is 2. The van der Waals surface area contributed by atoms with Crippen molar-refractivity contribution in [2.45, 2.75) is 38.5 Å². The molecule has 40 heavy (non-hydrogen) atoms.